The molecular weight excluding hydrogens is 160 g/mol. The van der Waals surface area contributed by atoms with Crippen LogP contribution in [0.3, 0.4) is 0 Å². The molecule has 1 heteroatoms. The third kappa shape index (κ3) is 5.84. The van der Waals surface area contributed by atoms with Crippen LogP contribution in [-0.2, 0) is 4.79 Å². The molecule has 0 unspecified atom stereocenters. The largest absolute Gasteiger partial charge is 0.299 e. The fourth-order valence-electron chi connectivity index (χ4n) is 1.46. The van der Waals surface area contributed by atoms with Crippen LogP contribution < -0.4 is 0 Å². The summed E-state index contributed by atoms with van der Waals surface area (Å²) in [6.07, 6.45) is 5.69. The molecular formula is C12H24O. The van der Waals surface area contributed by atoms with Gasteiger partial charge in [0.2, 0.25) is 0 Å². The van der Waals surface area contributed by atoms with Crippen molar-refractivity contribution >= 4 is 5.78 Å². The van der Waals surface area contributed by atoms with Crippen molar-refractivity contribution in [2.75, 3.05) is 0 Å². The van der Waals surface area contributed by atoms with E-state index in [1.54, 1.807) is 0 Å². The van der Waals surface area contributed by atoms with Crippen LogP contribution in [0.5, 0.6) is 0 Å². The highest BCUT2D eigenvalue weighted by atomic mass is 16.1. The van der Waals surface area contributed by atoms with Crippen molar-refractivity contribution in [1.82, 2.24) is 0 Å². The summed E-state index contributed by atoms with van der Waals surface area (Å²) in [5.74, 6) is 1.29. The molecule has 0 saturated carbocycles. The van der Waals surface area contributed by atoms with Crippen LogP contribution in [0.15, 0.2) is 0 Å². The van der Waals surface area contributed by atoms with Gasteiger partial charge in [0.15, 0.2) is 0 Å². The molecule has 0 heterocycles. The molecule has 0 N–H and O–H groups in total. The smallest absolute Gasteiger partial charge is 0.135 e. The Morgan fingerprint density at radius 2 is 1.85 bits per heavy atom. The van der Waals surface area contributed by atoms with Crippen molar-refractivity contribution in [2.24, 2.45) is 11.8 Å². The minimum atomic E-state index is 0.218. The number of ketones is 1. The summed E-state index contributed by atoms with van der Waals surface area (Å²) in [5, 5.41) is 0. The van der Waals surface area contributed by atoms with Crippen molar-refractivity contribution in [3.05, 3.63) is 0 Å². The summed E-state index contributed by atoms with van der Waals surface area (Å²) in [6, 6.07) is 0. The van der Waals surface area contributed by atoms with Gasteiger partial charge in [-0.3, -0.25) is 4.79 Å². The second-order valence-electron chi connectivity index (χ2n) is 4.24. The van der Waals surface area contributed by atoms with Crippen LogP contribution in [0.1, 0.15) is 59.8 Å². The highest BCUT2D eigenvalue weighted by Crippen LogP contribution is 2.18. The molecule has 0 aliphatic heterocycles. The molecule has 0 aromatic heterocycles. The van der Waals surface area contributed by atoms with Crippen molar-refractivity contribution in [2.45, 2.75) is 59.8 Å². The summed E-state index contributed by atoms with van der Waals surface area (Å²) in [4.78, 5) is 11.5. The minimum absolute atomic E-state index is 0.218. The van der Waals surface area contributed by atoms with E-state index in [-0.39, 0.29) is 5.92 Å². The number of carbonyl (C=O) groups is 1. The summed E-state index contributed by atoms with van der Waals surface area (Å²) in [6.45, 7) is 8.38. The molecule has 0 fully saturated rings. The van der Waals surface area contributed by atoms with E-state index in [1.807, 2.05) is 13.8 Å². The molecule has 0 bridgehead atoms. The molecule has 0 amide bonds. The zero-order valence-electron chi connectivity index (χ0n) is 9.60. The monoisotopic (exact) mass is 184 g/mol. The quantitative estimate of drug-likeness (QED) is 0.588. The van der Waals surface area contributed by atoms with E-state index >= 15 is 0 Å². The van der Waals surface area contributed by atoms with E-state index < -0.39 is 0 Å². The Labute approximate surface area is 82.9 Å². The normalized spacial score (nSPS) is 13.3. The highest BCUT2D eigenvalue weighted by Gasteiger charge is 2.13. The van der Waals surface area contributed by atoms with Gasteiger partial charge < -0.3 is 0 Å². The van der Waals surface area contributed by atoms with Gasteiger partial charge in [0.25, 0.3) is 0 Å². The molecule has 1 nitrogen and oxygen atoms in total. The SMILES string of the molecule is CCCC[C@@H](CC)CC(=O)C(C)C. The lowest BCUT2D eigenvalue weighted by atomic mass is 9.90. The van der Waals surface area contributed by atoms with E-state index in [0.29, 0.717) is 11.7 Å². The Balaban J connectivity index is 3.76. The maximum absolute atomic E-state index is 11.5. The van der Waals surface area contributed by atoms with E-state index in [1.165, 1.54) is 19.3 Å². The van der Waals surface area contributed by atoms with Crippen molar-refractivity contribution in [1.29, 1.82) is 0 Å². The van der Waals surface area contributed by atoms with Crippen LogP contribution >= 0.6 is 0 Å². The topological polar surface area (TPSA) is 17.1 Å². The molecule has 0 saturated heterocycles. The van der Waals surface area contributed by atoms with Gasteiger partial charge in [0.05, 0.1) is 0 Å². The van der Waals surface area contributed by atoms with Crippen molar-refractivity contribution in [3.8, 4) is 0 Å². The van der Waals surface area contributed by atoms with Gasteiger partial charge in [-0.1, -0.05) is 53.4 Å². The average Bonchev–Trinajstić information content (AvgIpc) is 2.11. The highest BCUT2D eigenvalue weighted by molar-refractivity contribution is 5.80. The zero-order chi connectivity index (χ0) is 10.3. The first-order chi connectivity index (χ1) is 6.11. The number of carbonyl (C=O) groups excluding carboxylic acids is 1. The third-order valence-corrected chi connectivity index (χ3v) is 2.68. The summed E-state index contributed by atoms with van der Waals surface area (Å²) in [7, 11) is 0. The lowest BCUT2D eigenvalue weighted by molar-refractivity contribution is -0.122. The first kappa shape index (κ1) is 12.7. The molecule has 0 rings (SSSR count). The number of unbranched alkanes of at least 4 members (excludes halogenated alkanes) is 1. The van der Waals surface area contributed by atoms with Gasteiger partial charge in [0.1, 0.15) is 5.78 Å². The molecule has 0 spiro atoms. The Morgan fingerprint density at radius 1 is 1.23 bits per heavy atom. The Morgan fingerprint density at radius 3 is 2.23 bits per heavy atom. The molecule has 0 aromatic rings. The van der Waals surface area contributed by atoms with Crippen LogP contribution in [0.25, 0.3) is 0 Å². The Bertz CT molecular complexity index is 138. The first-order valence-corrected chi connectivity index (χ1v) is 5.64. The second kappa shape index (κ2) is 7.11. The Hall–Kier alpha value is -0.330. The summed E-state index contributed by atoms with van der Waals surface area (Å²) in [5.41, 5.74) is 0. The number of rotatable bonds is 7. The molecule has 0 aliphatic rings. The van der Waals surface area contributed by atoms with E-state index in [2.05, 4.69) is 13.8 Å². The van der Waals surface area contributed by atoms with Gasteiger partial charge in [-0.2, -0.15) is 0 Å². The summed E-state index contributed by atoms with van der Waals surface area (Å²) >= 11 is 0. The minimum Gasteiger partial charge on any atom is -0.299 e. The average molecular weight is 184 g/mol. The van der Waals surface area contributed by atoms with Crippen LogP contribution in [0.2, 0.25) is 0 Å². The molecule has 0 radical (unpaired) electrons. The molecule has 78 valence electrons. The van der Waals surface area contributed by atoms with Gasteiger partial charge in [-0.05, 0) is 5.92 Å². The fraction of sp³-hybridized carbons (Fsp3) is 0.917. The fourth-order valence-corrected chi connectivity index (χ4v) is 1.46. The van der Waals surface area contributed by atoms with Crippen LogP contribution in [0, 0.1) is 11.8 Å². The predicted molar refractivity (Wildman–Crippen MR) is 57.8 cm³/mol. The van der Waals surface area contributed by atoms with Gasteiger partial charge in [-0.25, -0.2) is 0 Å². The summed E-state index contributed by atoms with van der Waals surface area (Å²) < 4.78 is 0. The van der Waals surface area contributed by atoms with E-state index in [0.717, 1.165) is 12.8 Å². The van der Waals surface area contributed by atoms with Crippen molar-refractivity contribution in [3.63, 3.8) is 0 Å². The van der Waals surface area contributed by atoms with Gasteiger partial charge in [-0.15, -0.1) is 0 Å². The number of Topliss-reactive ketones (excluding diaryl/α,β-unsaturated/α-hetero) is 1. The predicted octanol–water partition coefficient (Wildman–Crippen LogP) is 3.82. The maximum atomic E-state index is 11.5. The van der Waals surface area contributed by atoms with E-state index in [4.69, 9.17) is 0 Å². The van der Waals surface area contributed by atoms with Crippen LogP contribution in [-0.4, -0.2) is 5.78 Å². The van der Waals surface area contributed by atoms with Crippen LogP contribution in [0.4, 0.5) is 0 Å². The number of hydrogen-bond acceptors (Lipinski definition) is 1. The first-order valence-electron chi connectivity index (χ1n) is 5.64. The number of hydrogen-bond donors (Lipinski definition) is 0. The lowest BCUT2D eigenvalue weighted by Crippen LogP contribution is -2.13. The zero-order valence-corrected chi connectivity index (χ0v) is 9.60. The van der Waals surface area contributed by atoms with Gasteiger partial charge >= 0.3 is 0 Å². The lowest BCUT2D eigenvalue weighted by Gasteiger charge is -2.14. The Kier molecular flexibility index (Phi) is 6.93. The second-order valence-corrected chi connectivity index (χ2v) is 4.24. The van der Waals surface area contributed by atoms with E-state index in [9.17, 15) is 4.79 Å². The third-order valence-electron chi connectivity index (χ3n) is 2.68. The van der Waals surface area contributed by atoms with Gasteiger partial charge in [0, 0.05) is 12.3 Å². The molecule has 0 aromatic carbocycles. The molecule has 0 aliphatic carbocycles. The molecule has 1 atom stereocenters. The standard InChI is InChI=1S/C12H24O/c1-5-7-8-11(6-2)9-12(13)10(3)4/h10-11H,5-9H2,1-4H3/t11-/m1/s1. The van der Waals surface area contributed by atoms with Crippen molar-refractivity contribution < 1.29 is 4.79 Å². The molecule has 13 heavy (non-hydrogen) atoms. The maximum Gasteiger partial charge on any atom is 0.135 e.